The predicted octanol–water partition coefficient (Wildman–Crippen LogP) is 1.24. The summed E-state index contributed by atoms with van der Waals surface area (Å²) in [5.74, 6) is -0.184. The van der Waals surface area contributed by atoms with Crippen molar-refractivity contribution in [2.45, 2.75) is 24.8 Å². The first kappa shape index (κ1) is 19.5. The highest BCUT2D eigenvalue weighted by atomic mass is 32.2. The first-order valence-electron chi connectivity index (χ1n) is 9.09. The number of sulfonamides is 1. The minimum atomic E-state index is -3.56. The highest BCUT2D eigenvalue weighted by molar-refractivity contribution is 7.89. The van der Waals surface area contributed by atoms with Crippen molar-refractivity contribution >= 4 is 21.6 Å². The van der Waals surface area contributed by atoms with Gasteiger partial charge in [0.1, 0.15) is 0 Å². The van der Waals surface area contributed by atoms with Crippen molar-refractivity contribution in [1.82, 2.24) is 19.0 Å². The molecule has 0 radical (unpaired) electrons. The van der Waals surface area contributed by atoms with Gasteiger partial charge in [-0.2, -0.15) is 9.40 Å². The first-order chi connectivity index (χ1) is 13.0. The number of carbonyl (C=O) groups excluding carboxylic acids is 1. The number of carbonyl (C=O) groups is 1. The van der Waals surface area contributed by atoms with E-state index in [9.17, 15) is 13.2 Å². The van der Waals surface area contributed by atoms with Crippen LogP contribution >= 0.6 is 0 Å². The van der Waals surface area contributed by atoms with Crippen LogP contribution in [0.25, 0.3) is 0 Å². The van der Waals surface area contributed by atoms with Gasteiger partial charge in [-0.3, -0.25) is 9.48 Å². The maximum absolute atomic E-state index is 12.9. The van der Waals surface area contributed by atoms with Crippen LogP contribution in [0.2, 0.25) is 0 Å². The maximum Gasteiger partial charge on any atom is 0.243 e. The van der Waals surface area contributed by atoms with Crippen LogP contribution in [0.15, 0.2) is 47.6 Å². The third kappa shape index (κ3) is 4.94. The summed E-state index contributed by atoms with van der Waals surface area (Å²) in [7, 11) is -3.56. The lowest BCUT2D eigenvalue weighted by atomic mass is 10.3. The SMILES string of the molecule is CCN1CCN(S(=O)(=O)c2cccc(NC(=O)CCn3cccn3)c2)CC1. The number of benzene rings is 1. The van der Waals surface area contributed by atoms with Gasteiger partial charge in [0.15, 0.2) is 0 Å². The Hall–Kier alpha value is -2.23. The summed E-state index contributed by atoms with van der Waals surface area (Å²) in [4.78, 5) is 14.6. The summed E-state index contributed by atoms with van der Waals surface area (Å²) in [6.45, 7) is 5.90. The van der Waals surface area contributed by atoms with Crippen molar-refractivity contribution < 1.29 is 13.2 Å². The smallest absolute Gasteiger partial charge is 0.243 e. The van der Waals surface area contributed by atoms with E-state index in [1.54, 1.807) is 41.3 Å². The number of likely N-dealkylation sites (N-methyl/N-ethyl adjacent to an activating group) is 1. The number of aromatic nitrogens is 2. The molecule has 27 heavy (non-hydrogen) atoms. The van der Waals surface area contributed by atoms with Crippen molar-refractivity contribution in [3.63, 3.8) is 0 Å². The summed E-state index contributed by atoms with van der Waals surface area (Å²) in [5, 5.41) is 6.82. The van der Waals surface area contributed by atoms with Gasteiger partial charge in [-0.25, -0.2) is 8.42 Å². The van der Waals surface area contributed by atoms with Crippen molar-refractivity contribution in [2.24, 2.45) is 0 Å². The fourth-order valence-corrected chi connectivity index (χ4v) is 4.51. The third-order valence-electron chi connectivity index (χ3n) is 4.66. The number of aryl methyl sites for hydroxylation is 1. The molecule has 1 aliphatic rings. The maximum atomic E-state index is 12.9. The van der Waals surface area contributed by atoms with Gasteiger partial charge < -0.3 is 10.2 Å². The Kier molecular flexibility index (Phi) is 6.25. The molecule has 0 atom stereocenters. The average Bonchev–Trinajstić information content (AvgIpc) is 3.20. The van der Waals surface area contributed by atoms with Crippen LogP contribution in [-0.4, -0.2) is 66.0 Å². The molecule has 9 heteroatoms. The molecule has 146 valence electrons. The van der Waals surface area contributed by atoms with Crippen LogP contribution in [0, 0.1) is 0 Å². The van der Waals surface area contributed by atoms with Gasteiger partial charge in [-0.15, -0.1) is 0 Å². The molecule has 2 heterocycles. The van der Waals surface area contributed by atoms with E-state index in [1.165, 1.54) is 10.4 Å². The highest BCUT2D eigenvalue weighted by Crippen LogP contribution is 2.21. The van der Waals surface area contributed by atoms with Crippen molar-refractivity contribution in [3.05, 3.63) is 42.7 Å². The molecular weight excluding hydrogens is 366 g/mol. The van der Waals surface area contributed by atoms with E-state index >= 15 is 0 Å². The number of hydrogen-bond acceptors (Lipinski definition) is 5. The Morgan fingerprint density at radius 2 is 1.96 bits per heavy atom. The molecule has 0 bridgehead atoms. The largest absolute Gasteiger partial charge is 0.326 e. The number of anilines is 1. The van der Waals surface area contributed by atoms with E-state index < -0.39 is 10.0 Å². The number of piperazine rings is 1. The second kappa shape index (κ2) is 8.64. The monoisotopic (exact) mass is 391 g/mol. The second-order valence-corrected chi connectivity index (χ2v) is 8.37. The normalized spacial score (nSPS) is 16.3. The molecule has 8 nitrogen and oxygen atoms in total. The number of amides is 1. The zero-order valence-electron chi connectivity index (χ0n) is 15.4. The van der Waals surface area contributed by atoms with Crippen LogP contribution in [0.5, 0.6) is 0 Å². The number of hydrogen-bond donors (Lipinski definition) is 1. The molecule has 0 aliphatic carbocycles. The fraction of sp³-hybridized carbons (Fsp3) is 0.444. The van der Waals surface area contributed by atoms with Crippen molar-refractivity contribution in [3.8, 4) is 0 Å². The lowest BCUT2D eigenvalue weighted by Gasteiger charge is -2.33. The third-order valence-corrected chi connectivity index (χ3v) is 6.56. The van der Waals surface area contributed by atoms with E-state index in [0.717, 1.165) is 19.6 Å². The van der Waals surface area contributed by atoms with Gasteiger partial charge in [0.05, 0.1) is 4.90 Å². The molecule has 3 rings (SSSR count). The first-order valence-corrected chi connectivity index (χ1v) is 10.5. The molecule has 0 saturated carbocycles. The lowest BCUT2D eigenvalue weighted by molar-refractivity contribution is -0.116. The molecular formula is C18H25N5O3S. The van der Waals surface area contributed by atoms with E-state index in [2.05, 4.69) is 22.2 Å². The van der Waals surface area contributed by atoms with Gasteiger partial charge in [0.25, 0.3) is 0 Å². The predicted molar refractivity (Wildman–Crippen MR) is 103 cm³/mol. The minimum Gasteiger partial charge on any atom is -0.326 e. The van der Waals surface area contributed by atoms with Crippen LogP contribution < -0.4 is 5.32 Å². The van der Waals surface area contributed by atoms with Crippen LogP contribution in [0.3, 0.4) is 0 Å². The van der Waals surface area contributed by atoms with E-state index in [4.69, 9.17) is 0 Å². The van der Waals surface area contributed by atoms with Crippen molar-refractivity contribution in [2.75, 3.05) is 38.0 Å². The molecule has 1 aromatic heterocycles. The van der Waals surface area contributed by atoms with Crippen LogP contribution in [0.1, 0.15) is 13.3 Å². The van der Waals surface area contributed by atoms with Gasteiger partial charge in [0, 0.05) is 57.2 Å². The van der Waals surface area contributed by atoms with Gasteiger partial charge in [-0.05, 0) is 30.8 Å². The summed E-state index contributed by atoms with van der Waals surface area (Å²) < 4.78 is 29.0. The highest BCUT2D eigenvalue weighted by Gasteiger charge is 2.28. The lowest BCUT2D eigenvalue weighted by Crippen LogP contribution is -2.48. The minimum absolute atomic E-state index is 0.184. The molecule has 1 aliphatic heterocycles. The van der Waals surface area contributed by atoms with Gasteiger partial charge in [-0.1, -0.05) is 13.0 Å². The molecule has 0 spiro atoms. The topological polar surface area (TPSA) is 87.5 Å². The van der Waals surface area contributed by atoms with Crippen LogP contribution in [0.4, 0.5) is 5.69 Å². The molecule has 1 amide bonds. The molecule has 2 aromatic rings. The zero-order chi connectivity index (χ0) is 19.3. The Labute approximate surface area is 159 Å². The number of nitrogens with zero attached hydrogens (tertiary/aromatic N) is 4. The second-order valence-electron chi connectivity index (χ2n) is 6.43. The Morgan fingerprint density at radius 3 is 2.63 bits per heavy atom. The summed E-state index contributed by atoms with van der Waals surface area (Å²) in [6.07, 6.45) is 3.71. The zero-order valence-corrected chi connectivity index (χ0v) is 16.2. The molecule has 1 N–H and O–H groups in total. The standard InChI is InChI=1S/C18H25N5O3S/c1-2-21-11-13-23(14-12-21)27(25,26)17-6-3-5-16(15-17)20-18(24)7-10-22-9-4-8-19-22/h3-6,8-9,15H,2,7,10-14H2,1H3,(H,20,24). The number of rotatable bonds is 7. The fourth-order valence-electron chi connectivity index (χ4n) is 3.04. The summed E-state index contributed by atoms with van der Waals surface area (Å²) >= 11 is 0. The molecule has 1 saturated heterocycles. The van der Waals surface area contributed by atoms with Gasteiger partial charge in [0.2, 0.25) is 15.9 Å². The summed E-state index contributed by atoms with van der Waals surface area (Å²) in [5.41, 5.74) is 0.480. The van der Waals surface area contributed by atoms with E-state index in [-0.39, 0.29) is 17.2 Å². The number of nitrogens with one attached hydrogen (secondary N) is 1. The summed E-state index contributed by atoms with van der Waals surface area (Å²) in [6, 6.07) is 8.24. The molecule has 0 unspecified atom stereocenters. The van der Waals surface area contributed by atoms with E-state index in [1.807, 2.05) is 0 Å². The quantitative estimate of drug-likeness (QED) is 0.767. The molecule has 1 fully saturated rings. The van der Waals surface area contributed by atoms with E-state index in [0.29, 0.717) is 25.3 Å². The molecule has 1 aromatic carbocycles. The average molecular weight is 391 g/mol. The Bertz CT molecular complexity index is 859. The van der Waals surface area contributed by atoms with Gasteiger partial charge >= 0.3 is 0 Å². The van der Waals surface area contributed by atoms with Crippen molar-refractivity contribution in [1.29, 1.82) is 0 Å². The van der Waals surface area contributed by atoms with Crippen LogP contribution in [-0.2, 0) is 21.4 Å². The Balaban J connectivity index is 1.63. The Morgan fingerprint density at radius 1 is 1.19 bits per heavy atom.